The van der Waals surface area contributed by atoms with Crippen molar-refractivity contribution in [3.05, 3.63) is 11.6 Å². The van der Waals surface area contributed by atoms with E-state index in [0.717, 1.165) is 42.4 Å². The highest BCUT2D eigenvalue weighted by Gasteiger charge is 2.59. The quantitative estimate of drug-likeness (QED) is 0.318. The number of hydrogen-bond donors (Lipinski definition) is 1. The molecule has 0 aromatic heterocycles. The lowest BCUT2D eigenvalue weighted by molar-refractivity contribution is -0.0560. The van der Waals surface area contributed by atoms with Crippen molar-refractivity contribution in [3.63, 3.8) is 0 Å². The van der Waals surface area contributed by atoms with Gasteiger partial charge in [-0.3, -0.25) is 4.55 Å². The Labute approximate surface area is 196 Å². The zero-order valence-electron chi connectivity index (χ0n) is 21.0. The van der Waals surface area contributed by atoms with E-state index in [1.165, 1.54) is 50.5 Å². The molecule has 5 unspecified atom stereocenters. The normalized spacial score (nSPS) is 42.7. The van der Waals surface area contributed by atoms with Crippen LogP contribution in [0.4, 0.5) is 0 Å². The zero-order chi connectivity index (χ0) is 23.3. The Morgan fingerprint density at radius 2 is 1.81 bits per heavy atom. The Kier molecular flexibility index (Phi) is 6.95. The lowest BCUT2D eigenvalue weighted by Crippen LogP contribution is -2.51. The maximum Gasteiger partial charge on any atom is 0.397 e. The Morgan fingerprint density at radius 3 is 2.50 bits per heavy atom. The largest absolute Gasteiger partial charge is 0.397 e. The van der Waals surface area contributed by atoms with Gasteiger partial charge in [0.25, 0.3) is 0 Å². The highest BCUT2D eigenvalue weighted by molar-refractivity contribution is 7.80. The van der Waals surface area contributed by atoms with Crippen LogP contribution in [0, 0.1) is 46.3 Å². The first-order valence-corrected chi connectivity index (χ1v) is 14.7. The lowest BCUT2D eigenvalue weighted by Gasteiger charge is -2.58. The number of allylic oxidation sites excluding steroid dienone is 1. The topological polar surface area (TPSA) is 63.6 Å². The molecule has 184 valence electrons. The predicted octanol–water partition coefficient (Wildman–Crippen LogP) is 7.22. The Morgan fingerprint density at radius 1 is 1.06 bits per heavy atom. The van der Waals surface area contributed by atoms with Crippen LogP contribution in [0.25, 0.3) is 0 Å². The van der Waals surface area contributed by atoms with Crippen LogP contribution in [-0.4, -0.2) is 19.1 Å². The molecule has 8 atom stereocenters. The molecule has 0 aromatic rings. The van der Waals surface area contributed by atoms with E-state index in [1.54, 1.807) is 0 Å². The molecule has 5 heteroatoms. The van der Waals surface area contributed by atoms with Crippen LogP contribution in [-0.2, 0) is 14.6 Å². The van der Waals surface area contributed by atoms with Crippen molar-refractivity contribution in [3.8, 4) is 0 Å². The second-order valence-electron chi connectivity index (χ2n) is 12.7. The van der Waals surface area contributed by atoms with Crippen molar-refractivity contribution in [2.75, 3.05) is 0 Å². The minimum Gasteiger partial charge on any atom is -0.264 e. The molecule has 0 heterocycles. The molecule has 3 fully saturated rings. The summed E-state index contributed by atoms with van der Waals surface area (Å²) in [6, 6.07) is 0. The SMILES string of the molecule is CC(C)CCCC(C)[C@H]1CCC2C3CC=C4CC(OS(=O)(=O)O)CC[C@]4(C)C3CC[C@@]21C. The molecule has 0 saturated heterocycles. The average Bonchev–Trinajstić information content (AvgIpc) is 3.04. The van der Waals surface area contributed by atoms with Gasteiger partial charge in [-0.15, -0.1) is 0 Å². The Hall–Kier alpha value is -0.390. The van der Waals surface area contributed by atoms with Crippen LogP contribution >= 0.6 is 0 Å². The van der Waals surface area contributed by atoms with Crippen LogP contribution < -0.4 is 0 Å². The molecule has 0 amide bonds. The summed E-state index contributed by atoms with van der Waals surface area (Å²) >= 11 is 0. The fourth-order valence-corrected chi connectivity index (χ4v) is 9.41. The van der Waals surface area contributed by atoms with Crippen LogP contribution in [0.2, 0.25) is 0 Å². The molecule has 0 spiro atoms. The average molecular weight is 467 g/mol. The van der Waals surface area contributed by atoms with Gasteiger partial charge in [0.1, 0.15) is 0 Å². The molecule has 4 aliphatic rings. The summed E-state index contributed by atoms with van der Waals surface area (Å²) in [5.41, 5.74) is 2.05. The molecule has 32 heavy (non-hydrogen) atoms. The molecule has 0 aliphatic heterocycles. The highest BCUT2D eigenvalue weighted by Crippen LogP contribution is 2.67. The van der Waals surface area contributed by atoms with E-state index in [1.807, 2.05) is 0 Å². The van der Waals surface area contributed by atoms with E-state index in [9.17, 15) is 8.42 Å². The third kappa shape index (κ3) is 4.60. The van der Waals surface area contributed by atoms with E-state index < -0.39 is 16.5 Å². The van der Waals surface area contributed by atoms with Gasteiger partial charge in [0.05, 0.1) is 6.10 Å². The fourth-order valence-electron chi connectivity index (χ4n) is 8.91. The van der Waals surface area contributed by atoms with Gasteiger partial charge in [0, 0.05) is 0 Å². The van der Waals surface area contributed by atoms with Crippen molar-refractivity contribution in [2.24, 2.45) is 46.3 Å². The maximum absolute atomic E-state index is 11.2. The highest BCUT2D eigenvalue weighted by atomic mass is 32.3. The van der Waals surface area contributed by atoms with Crippen molar-refractivity contribution < 1.29 is 17.2 Å². The number of fused-ring (bicyclic) bond motifs is 5. The van der Waals surface area contributed by atoms with E-state index in [0.29, 0.717) is 24.2 Å². The number of rotatable bonds is 7. The molecule has 4 nitrogen and oxygen atoms in total. The molecule has 0 radical (unpaired) electrons. The van der Waals surface area contributed by atoms with Crippen molar-refractivity contribution in [2.45, 2.75) is 111 Å². The van der Waals surface area contributed by atoms with Crippen molar-refractivity contribution in [1.29, 1.82) is 0 Å². The molecule has 0 bridgehead atoms. The first-order valence-electron chi connectivity index (χ1n) is 13.3. The summed E-state index contributed by atoms with van der Waals surface area (Å²) in [7, 11) is -4.38. The summed E-state index contributed by atoms with van der Waals surface area (Å²) in [4.78, 5) is 0. The zero-order valence-corrected chi connectivity index (χ0v) is 21.8. The van der Waals surface area contributed by atoms with Gasteiger partial charge in [0.2, 0.25) is 0 Å². The summed E-state index contributed by atoms with van der Waals surface area (Å²) in [5, 5.41) is 0. The van der Waals surface area contributed by atoms with Crippen molar-refractivity contribution in [1.82, 2.24) is 0 Å². The first kappa shape index (κ1) is 24.7. The summed E-state index contributed by atoms with van der Waals surface area (Å²) in [6.07, 6.45) is 15.1. The summed E-state index contributed by atoms with van der Waals surface area (Å²) in [6.45, 7) is 12.3. The van der Waals surface area contributed by atoms with Crippen LogP contribution in [0.15, 0.2) is 11.6 Å². The Balaban J connectivity index is 1.47. The van der Waals surface area contributed by atoms with Crippen LogP contribution in [0.3, 0.4) is 0 Å². The maximum atomic E-state index is 11.2. The van der Waals surface area contributed by atoms with Gasteiger partial charge >= 0.3 is 10.4 Å². The molecular weight excluding hydrogens is 420 g/mol. The van der Waals surface area contributed by atoms with Gasteiger partial charge in [-0.25, -0.2) is 4.18 Å². The number of hydrogen-bond acceptors (Lipinski definition) is 3. The predicted molar refractivity (Wildman–Crippen MR) is 129 cm³/mol. The standard InChI is InChI=1S/C27H46O4S/c1-18(2)7-6-8-19(3)23-11-12-24-22-10-9-20-17-21(31-32(28,29)30)13-15-26(20,4)25(22)14-16-27(23,24)5/h9,18-19,21-25H,6-8,10-17H2,1-5H3,(H,28,29,30)/t19?,21?,22?,23-,24?,25?,26+,27-/m1/s1. The van der Waals surface area contributed by atoms with Crippen LogP contribution in [0.5, 0.6) is 0 Å². The fraction of sp³-hybridized carbons (Fsp3) is 0.926. The van der Waals surface area contributed by atoms with Gasteiger partial charge in [-0.1, -0.05) is 65.5 Å². The molecular formula is C27H46O4S. The Bertz CT molecular complexity index is 818. The summed E-state index contributed by atoms with van der Waals surface area (Å²) in [5.74, 6) is 4.83. The summed E-state index contributed by atoms with van der Waals surface area (Å²) < 4.78 is 36.6. The van der Waals surface area contributed by atoms with Gasteiger partial charge in [-0.2, -0.15) is 8.42 Å². The lowest BCUT2D eigenvalue weighted by atomic mass is 9.47. The minimum absolute atomic E-state index is 0.171. The monoisotopic (exact) mass is 466 g/mol. The van der Waals surface area contributed by atoms with E-state index in [4.69, 9.17) is 8.74 Å². The smallest absolute Gasteiger partial charge is 0.264 e. The molecule has 1 N–H and O–H groups in total. The van der Waals surface area contributed by atoms with Gasteiger partial charge < -0.3 is 0 Å². The molecule has 4 aliphatic carbocycles. The molecule has 3 saturated carbocycles. The minimum atomic E-state index is -4.38. The molecule has 4 rings (SSSR count). The van der Waals surface area contributed by atoms with E-state index in [-0.39, 0.29) is 5.41 Å². The molecule has 0 aromatic carbocycles. The third-order valence-corrected chi connectivity index (χ3v) is 11.0. The van der Waals surface area contributed by atoms with Crippen LogP contribution in [0.1, 0.15) is 105 Å². The third-order valence-electron chi connectivity index (χ3n) is 10.5. The first-order chi connectivity index (χ1) is 14.9. The second-order valence-corrected chi connectivity index (χ2v) is 13.7. The van der Waals surface area contributed by atoms with Gasteiger partial charge in [-0.05, 0) is 97.7 Å². The van der Waals surface area contributed by atoms with Crippen molar-refractivity contribution >= 4 is 10.4 Å². The second kappa shape index (κ2) is 9.00. The van der Waals surface area contributed by atoms with E-state index in [2.05, 4.69) is 40.7 Å². The van der Waals surface area contributed by atoms with E-state index >= 15 is 0 Å². The van der Waals surface area contributed by atoms with Gasteiger partial charge in [0.15, 0.2) is 0 Å².